The van der Waals surface area contributed by atoms with E-state index in [2.05, 4.69) is 43.5 Å². The quantitative estimate of drug-likeness (QED) is 0.495. The van der Waals surface area contributed by atoms with Crippen LogP contribution in [0, 0.1) is 6.92 Å². The Morgan fingerprint density at radius 3 is 2.42 bits per heavy atom. The number of ether oxygens (including phenoxy) is 2. The van der Waals surface area contributed by atoms with Crippen molar-refractivity contribution in [3.05, 3.63) is 64.7 Å². The number of rotatable bonds is 8. The molecule has 0 bridgehead atoms. The van der Waals surface area contributed by atoms with Gasteiger partial charge in [-0.15, -0.1) is 0 Å². The molecule has 0 aromatic heterocycles. The monoisotopic (exact) mass is 432 g/mol. The molecule has 1 saturated heterocycles. The van der Waals surface area contributed by atoms with Crippen LogP contribution in [-0.4, -0.2) is 50.8 Å². The van der Waals surface area contributed by atoms with Crippen molar-refractivity contribution in [1.29, 1.82) is 0 Å². The number of benzene rings is 2. The van der Waals surface area contributed by atoms with Gasteiger partial charge in [0.05, 0.1) is 13.2 Å². The van der Waals surface area contributed by atoms with Crippen molar-refractivity contribution < 1.29 is 18.3 Å². The third-order valence-electron chi connectivity index (χ3n) is 5.16. The van der Waals surface area contributed by atoms with Crippen LogP contribution in [0.2, 0.25) is 0 Å². The van der Waals surface area contributed by atoms with Crippen molar-refractivity contribution >= 4 is 5.96 Å². The summed E-state index contributed by atoms with van der Waals surface area (Å²) in [6.07, 6.45) is 0. The first-order valence-electron chi connectivity index (χ1n) is 10.4. The Bertz CT molecular complexity index is 870. The van der Waals surface area contributed by atoms with Crippen LogP contribution in [0.4, 0.5) is 8.78 Å². The molecule has 1 heterocycles. The fourth-order valence-corrected chi connectivity index (χ4v) is 3.52. The van der Waals surface area contributed by atoms with Crippen molar-refractivity contribution in [1.82, 2.24) is 15.5 Å². The molecule has 0 spiro atoms. The van der Waals surface area contributed by atoms with Gasteiger partial charge in [0.1, 0.15) is 5.75 Å². The lowest BCUT2D eigenvalue weighted by molar-refractivity contribution is -0.0504. The number of nitrogens with zero attached hydrogens (tertiary/aromatic N) is 2. The van der Waals surface area contributed by atoms with Crippen LogP contribution in [0.25, 0.3) is 0 Å². The molecule has 2 aromatic carbocycles. The average molecular weight is 433 g/mol. The van der Waals surface area contributed by atoms with Crippen molar-refractivity contribution in [2.75, 3.05) is 33.4 Å². The first-order valence-corrected chi connectivity index (χ1v) is 10.4. The van der Waals surface area contributed by atoms with Crippen molar-refractivity contribution in [3.8, 4) is 5.75 Å². The lowest BCUT2D eigenvalue weighted by atomic mass is 10.1. The summed E-state index contributed by atoms with van der Waals surface area (Å²) < 4.78 is 35.5. The first-order chi connectivity index (χ1) is 15.0. The highest BCUT2D eigenvalue weighted by Gasteiger charge is 2.13. The fourth-order valence-electron chi connectivity index (χ4n) is 3.52. The molecule has 1 fully saturated rings. The highest BCUT2D eigenvalue weighted by atomic mass is 19.3. The van der Waals surface area contributed by atoms with Crippen LogP contribution < -0.4 is 15.4 Å². The van der Waals surface area contributed by atoms with Gasteiger partial charge in [-0.3, -0.25) is 9.89 Å². The van der Waals surface area contributed by atoms with Crippen LogP contribution in [-0.2, 0) is 24.4 Å². The summed E-state index contributed by atoms with van der Waals surface area (Å²) in [6.45, 7) is 4.27. The SMILES string of the molecule is CN=C(NCc1ccccc1CN1CCOCC1)NCc1cc(C)ccc1OC(F)F. The zero-order valence-corrected chi connectivity index (χ0v) is 18.0. The second kappa shape index (κ2) is 11.6. The van der Waals surface area contributed by atoms with Gasteiger partial charge in [-0.25, -0.2) is 0 Å². The fraction of sp³-hybridized carbons (Fsp3) is 0.435. The largest absolute Gasteiger partial charge is 0.434 e. The van der Waals surface area contributed by atoms with Gasteiger partial charge < -0.3 is 20.1 Å². The molecular weight excluding hydrogens is 402 g/mol. The van der Waals surface area contributed by atoms with E-state index in [1.807, 2.05) is 19.1 Å². The van der Waals surface area contributed by atoms with Crippen LogP contribution >= 0.6 is 0 Å². The summed E-state index contributed by atoms with van der Waals surface area (Å²) in [6, 6.07) is 13.5. The third-order valence-corrected chi connectivity index (χ3v) is 5.16. The van der Waals surface area contributed by atoms with Crippen LogP contribution in [0.5, 0.6) is 5.75 Å². The van der Waals surface area contributed by atoms with Gasteiger partial charge in [-0.2, -0.15) is 8.78 Å². The summed E-state index contributed by atoms with van der Waals surface area (Å²) in [5.41, 5.74) is 4.07. The van der Waals surface area contributed by atoms with Gasteiger partial charge >= 0.3 is 6.61 Å². The van der Waals surface area contributed by atoms with Crippen molar-refractivity contribution in [2.24, 2.45) is 4.99 Å². The second-order valence-electron chi connectivity index (χ2n) is 7.43. The molecule has 1 aliphatic rings. The number of aryl methyl sites for hydroxylation is 1. The second-order valence-corrected chi connectivity index (χ2v) is 7.43. The Morgan fingerprint density at radius 1 is 1.06 bits per heavy atom. The predicted molar refractivity (Wildman–Crippen MR) is 117 cm³/mol. The smallest absolute Gasteiger partial charge is 0.387 e. The molecule has 2 N–H and O–H groups in total. The highest BCUT2D eigenvalue weighted by molar-refractivity contribution is 5.79. The average Bonchev–Trinajstić information content (AvgIpc) is 2.77. The minimum atomic E-state index is -2.86. The maximum atomic E-state index is 12.7. The van der Waals surface area contributed by atoms with E-state index < -0.39 is 6.61 Å². The summed E-state index contributed by atoms with van der Waals surface area (Å²) >= 11 is 0. The summed E-state index contributed by atoms with van der Waals surface area (Å²) in [5, 5.41) is 6.50. The standard InChI is InChI=1S/C23H30F2N4O2/c1-17-7-8-21(31-22(24)25)20(13-17)15-28-23(26-2)27-14-18-5-3-4-6-19(18)16-29-9-11-30-12-10-29/h3-8,13,22H,9-12,14-16H2,1-2H3,(H2,26,27,28). The molecule has 3 rings (SSSR count). The van der Waals surface area contributed by atoms with Gasteiger partial charge in [0.2, 0.25) is 0 Å². The number of hydrogen-bond donors (Lipinski definition) is 2. The molecule has 168 valence electrons. The maximum Gasteiger partial charge on any atom is 0.387 e. The van der Waals surface area contributed by atoms with Gasteiger partial charge in [-0.05, 0) is 24.1 Å². The minimum absolute atomic E-state index is 0.166. The van der Waals surface area contributed by atoms with Gasteiger partial charge in [0.15, 0.2) is 5.96 Å². The molecule has 0 amide bonds. The number of guanidine groups is 1. The summed E-state index contributed by atoms with van der Waals surface area (Å²) in [4.78, 5) is 6.64. The predicted octanol–water partition coefficient (Wildman–Crippen LogP) is 3.29. The molecule has 0 unspecified atom stereocenters. The van der Waals surface area contributed by atoms with E-state index in [1.54, 1.807) is 19.2 Å². The van der Waals surface area contributed by atoms with Crippen LogP contribution in [0.3, 0.4) is 0 Å². The molecule has 6 nitrogen and oxygen atoms in total. The van der Waals surface area contributed by atoms with Crippen molar-refractivity contribution in [3.63, 3.8) is 0 Å². The Morgan fingerprint density at radius 2 is 1.74 bits per heavy atom. The van der Waals surface area contributed by atoms with Gasteiger partial charge in [0.25, 0.3) is 0 Å². The molecule has 0 atom stereocenters. The van der Waals surface area contributed by atoms with Crippen LogP contribution in [0.1, 0.15) is 22.3 Å². The summed E-state index contributed by atoms with van der Waals surface area (Å²) in [7, 11) is 1.68. The van der Waals surface area contributed by atoms with E-state index in [9.17, 15) is 8.78 Å². The minimum Gasteiger partial charge on any atom is -0.434 e. The topological polar surface area (TPSA) is 58.1 Å². The van der Waals surface area contributed by atoms with Crippen molar-refractivity contribution in [2.45, 2.75) is 33.2 Å². The van der Waals surface area contributed by atoms with E-state index in [1.165, 1.54) is 11.1 Å². The molecule has 31 heavy (non-hydrogen) atoms. The molecule has 1 aliphatic heterocycles. The molecule has 0 saturated carbocycles. The molecule has 2 aromatic rings. The Labute approximate surface area is 182 Å². The molecule has 0 aliphatic carbocycles. The number of halogens is 2. The Hall–Kier alpha value is -2.71. The zero-order valence-electron chi connectivity index (χ0n) is 18.0. The zero-order chi connectivity index (χ0) is 22.1. The van der Waals surface area contributed by atoms with E-state index in [0.29, 0.717) is 24.6 Å². The number of alkyl halides is 2. The number of aliphatic imine (C=N–C) groups is 1. The summed E-state index contributed by atoms with van der Waals surface area (Å²) in [5.74, 6) is 0.755. The lowest BCUT2D eigenvalue weighted by Gasteiger charge is -2.27. The normalized spacial score (nSPS) is 15.2. The lowest BCUT2D eigenvalue weighted by Crippen LogP contribution is -2.37. The van der Waals surface area contributed by atoms with E-state index in [4.69, 9.17) is 4.74 Å². The first kappa shape index (κ1) is 23.0. The highest BCUT2D eigenvalue weighted by Crippen LogP contribution is 2.22. The molecule has 0 radical (unpaired) electrons. The maximum absolute atomic E-state index is 12.7. The van der Waals surface area contributed by atoms with E-state index in [-0.39, 0.29) is 5.75 Å². The third kappa shape index (κ3) is 7.18. The Kier molecular flexibility index (Phi) is 8.61. The molecular formula is C23H30F2N4O2. The number of hydrogen-bond acceptors (Lipinski definition) is 4. The number of morpholine rings is 1. The van der Waals surface area contributed by atoms with Crippen LogP contribution in [0.15, 0.2) is 47.5 Å². The Balaban J connectivity index is 1.59. The number of nitrogens with one attached hydrogen (secondary N) is 2. The van der Waals surface area contributed by atoms with E-state index >= 15 is 0 Å². The van der Waals surface area contributed by atoms with E-state index in [0.717, 1.165) is 38.4 Å². The van der Waals surface area contributed by atoms with Gasteiger partial charge in [-0.1, -0.05) is 42.0 Å². The molecule has 8 heteroatoms. The van der Waals surface area contributed by atoms with Gasteiger partial charge in [0, 0.05) is 45.3 Å².